The van der Waals surface area contributed by atoms with Gasteiger partial charge in [-0.1, -0.05) is 0 Å². The van der Waals surface area contributed by atoms with E-state index in [1.165, 1.54) is 5.56 Å². The fourth-order valence-electron chi connectivity index (χ4n) is 2.20. The van der Waals surface area contributed by atoms with E-state index < -0.39 is 0 Å². The lowest BCUT2D eigenvalue weighted by atomic mass is 10.1. The maximum atomic E-state index is 11.8. The van der Waals surface area contributed by atoms with Crippen molar-refractivity contribution in [3.8, 4) is 10.7 Å². The molecule has 3 heterocycles. The normalized spacial score (nSPS) is 17.4. The third-order valence-electron chi connectivity index (χ3n) is 3.26. The Morgan fingerprint density at radius 2 is 2.50 bits per heavy atom. The van der Waals surface area contributed by atoms with Crippen LogP contribution in [0, 0.1) is 12.8 Å². The lowest BCUT2D eigenvalue weighted by molar-refractivity contribution is -0.148. The largest absolute Gasteiger partial charge is 0.466 e. The number of rotatable bonds is 3. The van der Waals surface area contributed by atoms with Crippen LogP contribution in [0.15, 0.2) is 11.4 Å². The summed E-state index contributed by atoms with van der Waals surface area (Å²) in [6, 6.07) is 2.05. The fourth-order valence-corrected chi connectivity index (χ4v) is 3.06. The molecule has 0 bridgehead atoms. The van der Waals surface area contributed by atoms with E-state index in [0.29, 0.717) is 31.5 Å². The Morgan fingerprint density at radius 3 is 3.20 bits per heavy atom. The van der Waals surface area contributed by atoms with Gasteiger partial charge in [-0.15, -0.1) is 16.4 Å². The Labute approximate surface area is 120 Å². The van der Waals surface area contributed by atoms with E-state index in [4.69, 9.17) is 4.74 Å². The zero-order valence-electron chi connectivity index (χ0n) is 11.4. The number of anilines is 1. The molecule has 1 N–H and O–H groups in total. The first-order chi connectivity index (χ1) is 9.69. The second-order valence-electron chi connectivity index (χ2n) is 4.70. The van der Waals surface area contributed by atoms with Crippen LogP contribution in [-0.2, 0) is 16.1 Å². The van der Waals surface area contributed by atoms with Crippen molar-refractivity contribution in [1.29, 1.82) is 0 Å². The molecular formula is C13H16N4O2S. The van der Waals surface area contributed by atoms with Gasteiger partial charge in [0.25, 0.3) is 0 Å². The molecule has 3 rings (SSSR count). The lowest BCUT2D eigenvalue weighted by Crippen LogP contribution is -2.34. The summed E-state index contributed by atoms with van der Waals surface area (Å²) in [5, 5.41) is 9.67. The Bertz CT molecular complexity index is 634. The smallest absolute Gasteiger partial charge is 0.312 e. The first-order valence-corrected chi connectivity index (χ1v) is 7.46. The van der Waals surface area contributed by atoms with Gasteiger partial charge in [-0.2, -0.15) is 4.98 Å². The number of nitrogens with one attached hydrogen (secondary N) is 1. The highest BCUT2D eigenvalue weighted by Crippen LogP contribution is 2.28. The molecule has 106 valence electrons. The number of carbonyl (C=O) groups is 1. The summed E-state index contributed by atoms with van der Waals surface area (Å²) in [7, 11) is 0. The predicted molar refractivity (Wildman–Crippen MR) is 76.7 cm³/mol. The standard InChI is InChI=1S/C13H16N4O2S/c1-3-19-12(18)9-6-14-13-15-11(16-17(13)7-9)10-8(2)4-5-20-10/h4-5,9H,3,6-7H2,1-2H3,(H,14,15,16). The molecule has 0 radical (unpaired) electrons. The minimum Gasteiger partial charge on any atom is -0.466 e. The van der Waals surface area contributed by atoms with Gasteiger partial charge in [0.05, 0.1) is 23.9 Å². The molecule has 0 saturated carbocycles. The minimum atomic E-state index is -0.207. The van der Waals surface area contributed by atoms with Crippen LogP contribution in [0.2, 0.25) is 0 Å². The van der Waals surface area contributed by atoms with E-state index in [9.17, 15) is 4.79 Å². The van der Waals surface area contributed by atoms with Gasteiger partial charge in [0.15, 0.2) is 5.82 Å². The number of nitrogens with zero attached hydrogens (tertiary/aromatic N) is 3. The Balaban J connectivity index is 1.83. The SMILES string of the molecule is CCOC(=O)C1CNc2nc(-c3sccc3C)nn2C1. The van der Waals surface area contributed by atoms with Crippen molar-refractivity contribution in [3.63, 3.8) is 0 Å². The number of hydrogen-bond donors (Lipinski definition) is 1. The zero-order chi connectivity index (χ0) is 14.1. The number of carbonyl (C=O) groups excluding carboxylic acids is 1. The van der Waals surface area contributed by atoms with Gasteiger partial charge in [-0.3, -0.25) is 4.79 Å². The van der Waals surface area contributed by atoms with E-state index in [1.807, 2.05) is 19.2 Å². The molecule has 7 heteroatoms. The number of fused-ring (bicyclic) bond motifs is 1. The van der Waals surface area contributed by atoms with E-state index in [-0.39, 0.29) is 11.9 Å². The van der Waals surface area contributed by atoms with Gasteiger partial charge in [0.2, 0.25) is 5.95 Å². The molecule has 2 aromatic rings. The topological polar surface area (TPSA) is 69.0 Å². The van der Waals surface area contributed by atoms with Gasteiger partial charge < -0.3 is 10.1 Å². The molecule has 0 spiro atoms. The van der Waals surface area contributed by atoms with Gasteiger partial charge in [-0.05, 0) is 30.9 Å². The van der Waals surface area contributed by atoms with Crippen molar-refractivity contribution in [2.45, 2.75) is 20.4 Å². The van der Waals surface area contributed by atoms with E-state index in [1.54, 1.807) is 16.0 Å². The lowest BCUT2D eigenvalue weighted by Gasteiger charge is -2.21. The first kappa shape index (κ1) is 13.1. The molecule has 2 aromatic heterocycles. The van der Waals surface area contributed by atoms with E-state index in [0.717, 1.165) is 4.88 Å². The van der Waals surface area contributed by atoms with Crippen LogP contribution >= 0.6 is 11.3 Å². The number of hydrogen-bond acceptors (Lipinski definition) is 6. The van der Waals surface area contributed by atoms with Crippen molar-refractivity contribution < 1.29 is 9.53 Å². The maximum absolute atomic E-state index is 11.8. The van der Waals surface area contributed by atoms with Crippen LogP contribution in [-0.4, -0.2) is 33.9 Å². The van der Waals surface area contributed by atoms with Gasteiger partial charge >= 0.3 is 5.97 Å². The van der Waals surface area contributed by atoms with Crippen LogP contribution in [0.3, 0.4) is 0 Å². The molecule has 0 fully saturated rings. The monoisotopic (exact) mass is 292 g/mol. The van der Waals surface area contributed by atoms with E-state index in [2.05, 4.69) is 21.5 Å². The van der Waals surface area contributed by atoms with Crippen LogP contribution in [0.1, 0.15) is 12.5 Å². The molecule has 20 heavy (non-hydrogen) atoms. The fraction of sp³-hybridized carbons (Fsp3) is 0.462. The Kier molecular flexibility index (Phi) is 3.43. The summed E-state index contributed by atoms with van der Waals surface area (Å²) >= 11 is 1.62. The summed E-state index contributed by atoms with van der Waals surface area (Å²) in [6.45, 7) is 5.31. The number of esters is 1. The Morgan fingerprint density at radius 1 is 1.65 bits per heavy atom. The summed E-state index contributed by atoms with van der Waals surface area (Å²) in [6.07, 6.45) is 0. The van der Waals surface area contributed by atoms with Crippen molar-refractivity contribution in [3.05, 3.63) is 17.0 Å². The highest BCUT2D eigenvalue weighted by Gasteiger charge is 2.28. The molecule has 0 saturated heterocycles. The second kappa shape index (κ2) is 5.24. The number of aryl methyl sites for hydroxylation is 1. The van der Waals surface area contributed by atoms with Crippen molar-refractivity contribution in [2.75, 3.05) is 18.5 Å². The highest BCUT2D eigenvalue weighted by molar-refractivity contribution is 7.13. The van der Waals surface area contributed by atoms with E-state index >= 15 is 0 Å². The van der Waals surface area contributed by atoms with Crippen molar-refractivity contribution >= 4 is 23.3 Å². The average Bonchev–Trinajstić information content (AvgIpc) is 3.03. The Hall–Kier alpha value is -1.89. The minimum absolute atomic E-state index is 0.185. The molecule has 0 aliphatic carbocycles. The molecule has 1 aliphatic heterocycles. The predicted octanol–water partition coefficient (Wildman–Crippen LogP) is 1.92. The maximum Gasteiger partial charge on any atom is 0.312 e. The molecule has 1 atom stereocenters. The number of aromatic nitrogens is 3. The molecule has 0 amide bonds. The van der Waals surface area contributed by atoms with Crippen molar-refractivity contribution in [1.82, 2.24) is 14.8 Å². The number of thiophene rings is 1. The third kappa shape index (κ3) is 2.29. The third-order valence-corrected chi connectivity index (χ3v) is 4.27. The molecule has 1 unspecified atom stereocenters. The van der Waals surface area contributed by atoms with Gasteiger partial charge in [0.1, 0.15) is 0 Å². The second-order valence-corrected chi connectivity index (χ2v) is 5.62. The number of ether oxygens (including phenoxy) is 1. The first-order valence-electron chi connectivity index (χ1n) is 6.59. The molecular weight excluding hydrogens is 276 g/mol. The highest BCUT2D eigenvalue weighted by atomic mass is 32.1. The van der Waals surface area contributed by atoms with Crippen LogP contribution < -0.4 is 5.32 Å². The summed E-state index contributed by atoms with van der Waals surface area (Å²) < 4.78 is 6.81. The summed E-state index contributed by atoms with van der Waals surface area (Å²) in [4.78, 5) is 17.3. The van der Waals surface area contributed by atoms with Gasteiger partial charge in [-0.25, -0.2) is 4.68 Å². The van der Waals surface area contributed by atoms with Crippen molar-refractivity contribution in [2.24, 2.45) is 5.92 Å². The van der Waals surface area contributed by atoms with Crippen LogP contribution in [0.4, 0.5) is 5.95 Å². The summed E-state index contributed by atoms with van der Waals surface area (Å²) in [5.41, 5.74) is 1.17. The molecule has 0 aromatic carbocycles. The van der Waals surface area contributed by atoms with Crippen LogP contribution in [0.25, 0.3) is 10.7 Å². The molecule has 1 aliphatic rings. The average molecular weight is 292 g/mol. The zero-order valence-corrected chi connectivity index (χ0v) is 12.2. The quantitative estimate of drug-likeness (QED) is 0.875. The molecule has 6 nitrogen and oxygen atoms in total. The van der Waals surface area contributed by atoms with Crippen LogP contribution in [0.5, 0.6) is 0 Å². The summed E-state index contributed by atoms with van der Waals surface area (Å²) in [5.74, 6) is 1.04. The van der Waals surface area contributed by atoms with Gasteiger partial charge in [0, 0.05) is 6.54 Å².